The number of para-hydroxylation sites is 1. The van der Waals surface area contributed by atoms with Crippen molar-refractivity contribution in [2.75, 3.05) is 0 Å². The predicted octanol–water partition coefficient (Wildman–Crippen LogP) is 1.72. The third-order valence-electron chi connectivity index (χ3n) is 2.42. The molecule has 1 N–H and O–H groups in total. The highest BCUT2D eigenvalue weighted by molar-refractivity contribution is 5.95. The predicted molar refractivity (Wildman–Crippen MR) is 58.3 cm³/mol. The minimum atomic E-state index is -0.0799. The molecule has 15 heavy (non-hydrogen) atoms. The largest absolute Gasteiger partial charge is 0.298 e. The van der Waals surface area contributed by atoms with Gasteiger partial charge in [-0.15, -0.1) is 0 Å². The Morgan fingerprint density at radius 1 is 1.40 bits per heavy atom. The molecule has 1 heterocycles. The molecule has 1 aromatic heterocycles. The van der Waals surface area contributed by atoms with Crippen LogP contribution in [0.2, 0.25) is 0 Å². The van der Waals surface area contributed by atoms with Crippen LogP contribution in [0.15, 0.2) is 23.0 Å². The van der Waals surface area contributed by atoms with Gasteiger partial charge in [0.1, 0.15) is 0 Å². The summed E-state index contributed by atoms with van der Waals surface area (Å²) in [6.45, 7) is 3.83. The molecule has 0 radical (unpaired) electrons. The van der Waals surface area contributed by atoms with Gasteiger partial charge in [-0.25, -0.2) is 4.68 Å². The average molecular weight is 204 g/mol. The van der Waals surface area contributed by atoms with E-state index in [0.717, 1.165) is 6.29 Å². The van der Waals surface area contributed by atoms with Crippen molar-refractivity contribution < 1.29 is 4.79 Å². The monoisotopic (exact) mass is 204 g/mol. The first-order valence-electron chi connectivity index (χ1n) is 4.83. The number of fused-ring (bicyclic) bond motifs is 1. The number of nitrogens with zero attached hydrogens (tertiary/aromatic N) is 1. The van der Waals surface area contributed by atoms with Gasteiger partial charge in [0.25, 0.3) is 5.56 Å². The summed E-state index contributed by atoms with van der Waals surface area (Å²) in [5.41, 5.74) is 1.05. The van der Waals surface area contributed by atoms with E-state index in [1.807, 2.05) is 13.8 Å². The molecule has 4 nitrogen and oxygen atoms in total. The van der Waals surface area contributed by atoms with Gasteiger partial charge in [-0.3, -0.25) is 14.7 Å². The van der Waals surface area contributed by atoms with E-state index < -0.39 is 0 Å². The van der Waals surface area contributed by atoms with E-state index >= 15 is 0 Å². The second-order valence-electron chi connectivity index (χ2n) is 3.77. The number of H-pyrrole nitrogens is 1. The summed E-state index contributed by atoms with van der Waals surface area (Å²) in [6.07, 6.45) is 0.753. The van der Waals surface area contributed by atoms with Crippen molar-refractivity contribution in [2.45, 2.75) is 19.9 Å². The van der Waals surface area contributed by atoms with Gasteiger partial charge < -0.3 is 0 Å². The first kappa shape index (κ1) is 9.71. The highest BCUT2D eigenvalue weighted by Crippen LogP contribution is 2.13. The van der Waals surface area contributed by atoms with Gasteiger partial charge in [-0.05, 0) is 26.0 Å². The number of aromatic nitrogens is 2. The molecule has 0 amide bonds. The molecule has 0 aliphatic rings. The van der Waals surface area contributed by atoms with Crippen LogP contribution in [0.25, 0.3) is 10.9 Å². The maximum Gasteiger partial charge on any atom is 0.274 e. The van der Waals surface area contributed by atoms with Gasteiger partial charge in [0.15, 0.2) is 6.29 Å². The topological polar surface area (TPSA) is 54.9 Å². The molecule has 0 fully saturated rings. The Balaban J connectivity index is 2.87. The maximum absolute atomic E-state index is 11.9. The van der Waals surface area contributed by atoms with Crippen molar-refractivity contribution in [2.24, 2.45) is 0 Å². The first-order valence-corrected chi connectivity index (χ1v) is 4.83. The number of hydrogen-bond acceptors (Lipinski definition) is 2. The van der Waals surface area contributed by atoms with Crippen LogP contribution in [0.4, 0.5) is 0 Å². The SMILES string of the molecule is CC(C)n1[nH]c2c(C=O)cccc2c1=O. The summed E-state index contributed by atoms with van der Waals surface area (Å²) < 4.78 is 1.53. The van der Waals surface area contributed by atoms with Crippen molar-refractivity contribution in [3.63, 3.8) is 0 Å². The highest BCUT2D eigenvalue weighted by atomic mass is 16.1. The average Bonchev–Trinajstić information content (AvgIpc) is 2.56. The van der Waals surface area contributed by atoms with E-state index in [1.54, 1.807) is 18.2 Å². The van der Waals surface area contributed by atoms with Crippen molar-refractivity contribution >= 4 is 17.2 Å². The minimum Gasteiger partial charge on any atom is -0.298 e. The molecule has 0 saturated heterocycles. The van der Waals surface area contributed by atoms with Crippen LogP contribution >= 0.6 is 0 Å². The summed E-state index contributed by atoms with van der Waals surface area (Å²) in [7, 11) is 0. The number of aldehydes is 1. The van der Waals surface area contributed by atoms with E-state index in [9.17, 15) is 9.59 Å². The zero-order valence-corrected chi connectivity index (χ0v) is 8.65. The van der Waals surface area contributed by atoms with Crippen LogP contribution in [-0.2, 0) is 0 Å². The maximum atomic E-state index is 11.9. The van der Waals surface area contributed by atoms with Gasteiger partial charge >= 0.3 is 0 Å². The molecule has 0 atom stereocenters. The van der Waals surface area contributed by atoms with E-state index in [2.05, 4.69) is 5.10 Å². The third kappa shape index (κ3) is 1.38. The lowest BCUT2D eigenvalue weighted by Crippen LogP contribution is -2.18. The Labute approximate surface area is 86.5 Å². The summed E-state index contributed by atoms with van der Waals surface area (Å²) >= 11 is 0. The van der Waals surface area contributed by atoms with Crippen molar-refractivity contribution in [1.29, 1.82) is 0 Å². The molecule has 4 heteroatoms. The normalized spacial score (nSPS) is 11.1. The molecule has 1 aromatic carbocycles. The number of aromatic amines is 1. The van der Waals surface area contributed by atoms with E-state index in [0.29, 0.717) is 16.5 Å². The molecular weight excluding hydrogens is 192 g/mol. The first-order chi connectivity index (χ1) is 7.15. The lowest BCUT2D eigenvalue weighted by Gasteiger charge is -2.03. The van der Waals surface area contributed by atoms with Gasteiger partial charge in [0.05, 0.1) is 10.9 Å². The van der Waals surface area contributed by atoms with Crippen LogP contribution in [-0.4, -0.2) is 16.1 Å². The summed E-state index contributed by atoms with van der Waals surface area (Å²) in [5.74, 6) is 0. The number of hydrogen-bond donors (Lipinski definition) is 1. The van der Waals surface area contributed by atoms with Gasteiger partial charge in [-0.1, -0.05) is 6.07 Å². The number of rotatable bonds is 2. The lowest BCUT2D eigenvalue weighted by molar-refractivity contribution is 0.112. The van der Waals surface area contributed by atoms with Crippen LogP contribution in [0.5, 0.6) is 0 Å². The summed E-state index contributed by atoms with van der Waals surface area (Å²) in [4.78, 5) is 22.6. The van der Waals surface area contributed by atoms with Gasteiger partial charge in [-0.2, -0.15) is 0 Å². The Hall–Kier alpha value is -1.84. The van der Waals surface area contributed by atoms with Crippen molar-refractivity contribution in [3.8, 4) is 0 Å². The number of carbonyl (C=O) groups is 1. The third-order valence-corrected chi connectivity index (χ3v) is 2.42. The summed E-state index contributed by atoms with van der Waals surface area (Å²) in [6, 6.07) is 5.19. The molecule has 2 aromatic rings. The molecule has 0 spiro atoms. The standard InChI is InChI=1S/C11H12N2O2/c1-7(2)13-11(15)9-5-3-4-8(6-14)10(9)12-13/h3-7,12H,1-2H3. The van der Waals surface area contributed by atoms with Crippen LogP contribution in [0.3, 0.4) is 0 Å². The second kappa shape index (κ2) is 3.38. The fourth-order valence-electron chi connectivity index (χ4n) is 1.64. The molecular formula is C11H12N2O2. The van der Waals surface area contributed by atoms with Gasteiger partial charge in [0, 0.05) is 11.6 Å². The highest BCUT2D eigenvalue weighted by Gasteiger charge is 2.10. The zero-order chi connectivity index (χ0) is 11.0. The van der Waals surface area contributed by atoms with Crippen LogP contribution < -0.4 is 5.56 Å². The van der Waals surface area contributed by atoms with E-state index in [-0.39, 0.29) is 11.6 Å². The quantitative estimate of drug-likeness (QED) is 0.757. The number of benzene rings is 1. The summed E-state index contributed by atoms with van der Waals surface area (Å²) in [5, 5.41) is 3.52. The Morgan fingerprint density at radius 2 is 2.13 bits per heavy atom. The molecule has 0 aliphatic heterocycles. The number of carbonyl (C=O) groups excluding carboxylic acids is 1. The molecule has 0 aliphatic carbocycles. The van der Waals surface area contributed by atoms with Crippen molar-refractivity contribution in [3.05, 3.63) is 34.1 Å². The van der Waals surface area contributed by atoms with Crippen LogP contribution in [0.1, 0.15) is 30.2 Å². The van der Waals surface area contributed by atoms with E-state index in [4.69, 9.17) is 0 Å². The lowest BCUT2D eigenvalue weighted by atomic mass is 10.2. The number of nitrogens with one attached hydrogen (secondary N) is 1. The fourth-order valence-corrected chi connectivity index (χ4v) is 1.64. The molecule has 2 rings (SSSR count). The second-order valence-corrected chi connectivity index (χ2v) is 3.77. The minimum absolute atomic E-state index is 0.0596. The molecule has 0 saturated carbocycles. The van der Waals surface area contributed by atoms with E-state index in [1.165, 1.54) is 4.68 Å². The Kier molecular flexibility index (Phi) is 2.19. The molecule has 0 unspecified atom stereocenters. The molecule has 0 bridgehead atoms. The van der Waals surface area contributed by atoms with Crippen molar-refractivity contribution in [1.82, 2.24) is 9.78 Å². The Bertz CT molecular complexity index is 563. The smallest absolute Gasteiger partial charge is 0.274 e. The zero-order valence-electron chi connectivity index (χ0n) is 8.65. The fraction of sp³-hybridized carbons (Fsp3) is 0.273. The Morgan fingerprint density at radius 3 is 2.73 bits per heavy atom. The molecule has 78 valence electrons. The van der Waals surface area contributed by atoms with Crippen LogP contribution in [0, 0.1) is 0 Å². The van der Waals surface area contributed by atoms with Gasteiger partial charge in [0.2, 0.25) is 0 Å².